The summed E-state index contributed by atoms with van der Waals surface area (Å²) >= 11 is 2.38. The molecule has 1 aromatic rings. The largest absolute Gasteiger partial charge is 0.493 e. The minimum absolute atomic E-state index is 0.0780. The molecule has 0 saturated carbocycles. The van der Waals surface area contributed by atoms with E-state index in [-0.39, 0.29) is 18.5 Å². The van der Waals surface area contributed by atoms with Gasteiger partial charge in [0.2, 0.25) is 0 Å². The Bertz CT molecular complexity index is 845. The first kappa shape index (κ1) is 26.3. The molecule has 3 rings (SSSR count). The van der Waals surface area contributed by atoms with E-state index < -0.39 is 14.1 Å². The molecule has 0 bridgehead atoms. The Hall–Kier alpha value is -1.33. The number of ether oxygens (including phenoxy) is 3. The summed E-state index contributed by atoms with van der Waals surface area (Å²) in [5.74, 6) is 0.865. The van der Waals surface area contributed by atoms with Gasteiger partial charge in [-0.05, 0) is 48.6 Å². The smallest absolute Gasteiger partial charge is 0.256 e. The first-order valence-corrected chi connectivity index (χ1v) is 17.1. The average Bonchev–Trinajstić information content (AvgIpc) is 3.24. The van der Waals surface area contributed by atoms with Gasteiger partial charge in [-0.2, -0.15) is 0 Å². The number of nitrogens with zero attached hydrogens (tertiary/aromatic N) is 2. The molecule has 184 valence electrons. The average molecular weight is 589 g/mol. The molecule has 0 spiro atoms. The molecule has 0 radical (unpaired) electrons. The summed E-state index contributed by atoms with van der Waals surface area (Å²) in [5.41, 5.74) is 1.02. The summed E-state index contributed by atoms with van der Waals surface area (Å²) in [4.78, 5) is 30.2. The molecule has 0 N–H and O–H groups in total. The lowest BCUT2D eigenvalue weighted by atomic mass is 10.1. The number of unbranched alkanes of at least 4 members (excludes halogenated alkanes) is 2. The van der Waals surface area contributed by atoms with Crippen molar-refractivity contribution in [3.05, 3.63) is 17.7 Å². The first-order chi connectivity index (χ1) is 15.8. The Kier molecular flexibility index (Phi) is 9.46. The molecular formula is C24H37IN2O5Si. The minimum atomic E-state index is -1.25. The predicted molar refractivity (Wildman–Crippen MR) is 142 cm³/mol. The van der Waals surface area contributed by atoms with E-state index in [9.17, 15) is 9.59 Å². The Balaban J connectivity index is 1.89. The summed E-state index contributed by atoms with van der Waals surface area (Å²) in [6.07, 6.45) is 4.72. The van der Waals surface area contributed by atoms with Crippen LogP contribution in [0.3, 0.4) is 0 Å². The van der Waals surface area contributed by atoms with Gasteiger partial charge in [-0.3, -0.25) is 14.5 Å². The number of hydrogen-bond donors (Lipinski definition) is 0. The van der Waals surface area contributed by atoms with Crippen LogP contribution >= 0.6 is 22.6 Å². The molecule has 1 atom stereocenters. The van der Waals surface area contributed by atoms with Crippen LogP contribution in [-0.4, -0.2) is 68.9 Å². The van der Waals surface area contributed by atoms with Crippen molar-refractivity contribution in [2.45, 2.75) is 63.8 Å². The number of amides is 2. The van der Waals surface area contributed by atoms with Crippen LogP contribution in [-0.2, 0) is 9.53 Å². The molecule has 2 aliphatic rings. The lowest BCUT2D eigenvalue weighted by molar-refractivity contribution is -0.123. The zero-order chi connectivity index (χ0) is 24.0. The standard InChI is InChI=1S/C24H37IN2O5Si/c1-30-21-15-18-20(16-22(21)32-12-7-5-6-10-25)27(17-31-13-14-33(2,3)4)24(29)19-9-8-11-26(19)23(18)28/h15-16,19H,5-14,17H2,1-4H3/t19-/m0/s1. The quantitative estimate of drug-likeness (QED) is 0.150. The lowest BCUT2D eigenvalue weighted by Crippen LogP contribution is -2.45. The SMILES string of the molecule is COc1cc2c(cc1OCCCCCI)N(COCC[Si](C)(C)C)C(=O)[C@@H]1CCCN1C2=O. The van der Waals surface area contributed by atoms with Gasteiger partial charge in [0.05, 0.1) is 25.0 Å². The number of carbonyl (C=O) groups is 2. The maximum atomic E-state index is 13.5. The lowest BCUT2D eigenvalue weighted by Gasteiger charge is -2.26. The molecule has 9 heteroatoms. The fourth-order valence-corrected chi connectivity index (χ4v) is 5.45. The highest BCUT2D eigenvalue weighted by molar-refractivity contribution is 14.1. The van der Waals surface area contributed by atoms with Crippen molar-refractivity contribution < 1.29 is 23.8 Å². The Morgan fingerprint density at radius 3 is 2.58 bits per heavy atom. The Labute approximate surface area is 212 Å². The molecule has 2 aliphatic heterocycles. The molecule has 0 aliphatic carbocycles. The number of alkyl halides is 1. The number of benzene rings is 1. The van der Waals surface area contributed by atoms with Gasteiger partial charge in [0.1, 0.15) is 12.8 Å². The number of methoxy groups -OCH3 is 1. The Morgan fingerprint density at radius 2 is 1.88 bits per heavy atom. The third kappa shape index (κ3) is 6.63. The van der Waals surface area contributed by atoms with Crippen LogP contribution < -0.4 is 14.4 Å². The third-order valence-corrected chi connectivity index (χ3v) is 8.59. The number of carbonyl (C=O) groups excluding carboxylic acids is 2. The topological polar surface area (TPSA) is 68.3 Å². The van der Waals surface area contributed by atoms with E-state index in [0.717, 1.165) is 36.2 Å². The molecule has 0 aromatic heterocycles. The van der Waals surface area contributed by atoms with Crippen molar-refractivity contribution >= 4 is 48.2 Å². The van der Waals surface area contributed by atoms with Crippen LogP contribution in [0.25, 0.3) is 0 Å². The van der Waals surface area contributed by atoms with Crippen LogP contribution in [0.4, 0.5) is 5.69 Å². The van der Waals surface area contributed by atoms with Gasteiger partial charge in [-0.1, -0.05) is 42.2 Å². The molecule has 33 heavy (non-hydrogen) atoms. The molecule has 7 nitrogen and oxygen atoms in total. The van der Waals surface area contributed by atoms with Crippen LogP contribution in [0.2, 0.25) is 25.7 Å². The van der Waals surface area contributed by atoms with Crippen molar-refractivity contribution in [2.24, 2.45) is 0 Å². The Morgan fingerprint density at radius 1 is 1.09 bits per heavy atom. The molecule has 2 amide bonds. The highest BCUT2D eigenvalue weighted by Crippen LogP contribution is 2.40. The van der Waals surface area contributed by atoms with E-state index in [1.54, 1.807) is 29.0 Å². The van der Waals surface area contributed by atoms with Crippen molar-refractivity contribution in [3.63, 3.8) is 0 Å². The minimum Gasteiger partial charge on any atom is -0.493 e. The van der Waals surface area contributed by atoms with Gasteiger partial charge in [0.15, 0.2) is 11.5 Å². The van der Waals surface area contributed by atoms with Crippen LogP contribution in [0.5, 0.6) is 11.5 Å². The summed E-state index contributed by atoms with van der Waals surface area (Å²) in [6, 6.07) is 4.09. The summed E-state index contributed by atoms with van der Waals surface area (Å²) in [7, 11) is 0.327. The number of fused-ring (bicyclic) bond motifs is 2. The second-order valence-electron chi connectivity index (χ2n) is 9.89. The molecule has 1 fully saturated rings. The first-order valence-electron chi connectivity index (χ1n) is 11.9. The van der Waals surface area contributed by atoms with Crippen molar-refractivity contribution in [1.29, 1.82) is 0 Å². The normalized spacial score (nSPS) is 18.3. The van der Waals surface area contributed by atoms with Crippen molar-refractivity contribution in [2.75, 3.05) is 42.9 Å². The summed E-state index contributed by atoms with van der Waals surface area (Å²) in [5, 5.41) is 0. The summed E-state index contributed by atoms with van der Waals surface area (Å²) in [6.45, 7) is 8.80. The van der Waals surface area contributed by atoms with Crippen LogP contribution in [0, 0.1) is 0 Å². The highest BCUT2D eigenvalue weighted by atomic mass is 127. The van der Waals surface area contributed by atoms with Gasteiger partial charge >= 0.3 is 0 Å². The maximum Gasteiger partial charge on any atom is 0.256 e. The van der Waals surface area contributed by atoms with Crippen LogP contribution in [0.1, 0.15) is 42.5 Å². The predicted octanol–water partition coefficient (Wildman–Crippen LogP) is 4.94. The molecule has 1 saturated heterocycles. The van der Waals surface area contributed by atoms with Crippen molar-refractivity contribution in [3.8, 4) is 11.5 Å². The van der Waals surface area contributed by atoms with E-state index in [1.807, 2.05) is 0 Å². The second-order valence-corrected chi connectivity index (χ2v) is 16.6. The molecule has 2 heterocycles. The van der Waals surface area contributed by atoms with Gasteiger partial charge < -0.3 is 19.1 Å². The van der Waals surface area contributed by atoms with Gasteiger partial charge in [-0.25, -0.2) is 0 Å². The highest BCUT2D eigenvalue weighted by Gasteiger charge is 2.42. The summed E-state index contributed by atoms with van der Waals surface area (Å²) < 4.78 is 18.7. The number of halogens is 1. The zero-order valence-corrected chi connectivity index (χ0v) is 23.5. The number of hydrogen-bond acceptors (Lipinski definition) is 5. The number of anilines is 1. The van der Waals surface area contributed by atoms with Crippen LogP contribution in [0.15, 0.2) is 12.1 Å². The molecular weight excluding hydrogens is 551 g/mol. The van der Waals surface area contributed by atoms with Crippen molar-refractivity contribution in [1.82, 2.24) is 4.90 Å². The van der Waals surface area contributed by atoms with E-state index in [1.165, 1.54) is 0 Å². The van der Waals surface area contributed by atoms with Gasteiger partial charge in [-0.15, -0.1) is 0 Å². The fourth-order valence-electron chi connectivity index (χ4n) is 4.16. The maximum absolute atomic E-state index is 13.5. The van der Waals surface area contributed by atoms with Gasteiger partial charge in [0, 0.05) is 27.3 Å². The van der Waals surface area contributed by atoms with E-state index in [0.29, 0.717) is 48.9 Å². The van der Waals surface area contributed by atoms with E-state index >= 15 is 0 Å². The van der Waals surface area contributed by atoms with E-state index in [4.69, 9.17) is 14.2 Å². The van der Waals surface area contributed by atoms with Gasteiger partial charge in [0.25, 0.3) is 11.8 Å². The third-order valence-electron chi connectivity index (χ3n) is 6.12. The molecule has 1 aromatic carbocycles. The number of rotatable bonds is 12. The zero-order valence-electron chi connectivity index (χ0n) is 20.3. The molecule has 0 unspecified atom stereocenters. The van der Waals surface area contributed by atoms with E-state index in [2.05, 4.69) is 42.2 Å². The monoisotopic (exact) mass is 588 g/mol. The second kappa shape index (κ2) is 11.9. The fraction of sp³-hybridized carbons (Fsp3) is 0.667.